The molecule has 0 unspecified atom stereocenters. The quantitative estimate of drug-likeness (QED) is 0.761. The van der Waals surface area contributed by atoms with Gasteiger partial charge in [0.2, 0.25) is 5.91 Å². The van der Waals surface area contributed by atoms with Crippen LogP contribution in [0.25, 0.3) is 0 Å². The van der Waals surface area contributed by atoms with E-state index >= 15 is 0 Å². The molecule has 1 aromatic rings. The molecule has 2 fully saturated rings. The van der Waals surface area contributed by atoms with E-state index in [1.165, 1.54) is 4.90 Å². The second-order valence-electron chi connectivity index (χ2n) is 6.27. The van der Waals surface area contributed by atoms with E-state index in [1.807, 2.05) is 25.1 Å². The predicted molar refractivity (Wildman–Crippen MR) is 85.6 cm³/mol. The van der Waals surface area contributed by atoms with E-state index in [2.05, 4.69) is 0 Å². The Balaban J connectivity index is 1.80. The van der Waals surface area contributed by atoms with Gasteiger partial charge in [0.1, 0.15) is 10.6 Å². The molecular formula is C16H20N2O4S. The SMILES string of the molecule is Cc1ccccc1C(=O)N1CCC2(CC1)N(C)C(=O)CS2(=O)=O. The van der Waals surface area contributed by atoms with Gasteiger partial charge in [0.15, 0.2) is 9.84 Å². The molecule has 0 saturated carbocycles. The molecule has 0 aromatic heterocycles. The van der Waals surface area contributed by atoms with Crippen LogP contribution in [0.4, 0.5) is 0 Å². The number of rotatable bonds is 1. The second-order valence-corrected chi connectivity index (χ2v) is 8.54. The molecule has 0 atom stereocenters. The number of amides is 2. The summed E-state index contributed by atoms with van der Waals surface area (Å²) < 4.78 is 24.8. The van der Waals surface area contributed by atoms with Gasteiger partial charge in [-0.2, -0.15) is 0 Å². The van der Waals surface area contributed by atoms with Gasteiger partial charge in [-0.3, -0.25) is 9.59 Å². The molecule has 124 valence electrons. The van der Waals surface area contributed by atoms with Gasteiger partial charge in [-0.05, 0) is 18.6 Å². The number of nitrogens with zero attached hydrogens (tertiary/aromatic N) is 2. The maximum atomic E-state index is 12.6. The van der Waals surface area contributed by atoms with E-state index in [1.54, 1.807) is 18.0 Å². The summed E-state index contributed by atoms with van der Waals surface area (Å²) in [5.74, 6) is -0.860. The molecule has 0 aliphatic carbocycles. The highest BCUT2D eigenvalue weighted by atomic mass is 32.2. The summed E-state index contributed by atoms with van der Waals surface area (Å²) in [4.78, 5) is 26.3. The Morgan fingerprint density at radius 3 is 2.30 bits per heavy atom. The molecule has 2 aliphatic rings. The van der Waals surface area contributed by atoms with Crippen LogP contribution >= 0.6 is 0 Å². The van der Waals surface area contributed by atoms with Crippen LogP contribution < -0.4 is 0 Å². The lowest BCUT2D eigenvalue weighted by atomic mass is 10.0. The van der Waals surface area contributed by atoms with Crippen LogP contribution in [0.15, 0.2) is 24.3 Å². The Morgan fingerprint density at radius 1 is 1.17 bits per heavy atom. The highest BCUT2D eigenvalue weighted by Crippen LogP contribution is 2.39. The van der Waals surface area contributed by atoms with Gasteiger partial charge >= 0.3 is 0 Å². The molecule has 3 rings (SSSR count). The van der Waals surface area contributed by atoms with Crippen molar-refractivity contribution in [2.75, 3.05) is 25.9 Å². The Hall–Kier alpha value is -1.89. The van der Waals surface area contributed by atoms with Crippen molar-refractivity contribution in [2.45, 2.75) is 24.6 Å². The lowest BCUT2D eigenvalue weighted by Crippen LogP contribution is -2.55. The van der Waals surface area contributed by atoms with Crippen molar-refractivity contribution in [2.24, 2.45) is 0 Å². The first-order valence-electron chi connectivity index (χ1n) is 7.62. The van der Waals surface area contributed by atoms with Crippen LogP contribution in [0.3, 0.4) is 0 Å². The van der Waals surface area contributed by atoms with Crippen LogP contribution in [0, 0.1) is 6.92 Å². The molecule has 2 saturated heterocycles. The summed E-state index contributed by atoms with van der Waals surface area (Å²) in [6, 6.07) is 7.36. The van der Waals surface area contributed by atoms with E-state index in [-0.39, 0.29) is 24.7 Å². The van der Waals surface area contributed by atoms with Crippen LogP contribution in [-0.2, 0) is 14.6 Å². The van der Waals surface area contributed by atoms with E-state index in [4.69, 9.17) is 0 Å². The van der Waals surface area contributed by atoms with Crippen molar-refractivity contribution >= 4 is 21.7 Å². The third kappa shape index (κ3) is 2.34. The monoisotopic (exact) mass is 336 g/mol. The molecular weight excluding hydrogens is 316 g/mol. The number of hydrogen-bond donors (Lipinski definition) is 0. The standard InChI is InChI=1S/C16H20N2O4S/c1-12-5-3-4-6-13(12)15(20)18-9-7-16(8-10-18)17(2)14(19)11-23(16,21)22/h3-6H,7-11H2,1-2H3. The number of aryl methyl sites for hydroxylation is 1. The Morgan fingerprint density at radius 2 is 1.78 bits per heavy atom. The lowest BCUT2D eigenvalue weighted by Gasteiger charge is -2.42. The summed E-state index contributed by atoms with van der Waals surface area (Å²) in [5.41, 5.74) is 1.54. The van der Waals surface area contributed by atoms with E-state index in [0.717, 1.165) is 5.56 Å². The first-order valence-corrected chi connectivity index (χ1v) is 9.28. The molecule has 0 N–H and O–H groups in total. The minimum absolute atomic E-state index is 0.0812. The van der Waals surface area contributed by atoms with Crippen molar-refractivity contribution in [1.29, 1.82) is 0 Å². The fourth-order valence-electron chi connectivity index (χ4n) is 3.52. The van der Waals surface area contributed by atoms with Crippen LogP contribution in [-0.4, -0.2) is 60.8 Å². The van der Waals surface area contributed by atoms with Gasteiger partial charge in [-0.25, -0.2) is 8.42 Å². The average molecular weight is 336 g/mol. The van der Waals surface area contributed by atoms with Crippen molar-refractivity contribution in [3.8, 4) is 0 Å². The van der Waals surface area contributed by atoms with Gasteiger partial charge < -0.3 is 9.80 Å². The fourth-order valence-corrected chi connectivity index (χ4v) is 5.63. The Labute approximate surface area is 136 Å². The zero-order chi connectivity index (χ0) is 16.8. The van der Waals surface area contributed by atoms with Gasteiger partial charge in [0, 0.05) is 38.5 Å². The number of carbonyl (C=O) groups excluding carboxylic acids is 2. The van der Waals surface area contributed by atoms with Crippen molar-refractivity contribution in [1.82, 2.24) is 9.80 Å². The number of piperidine rings is 1. The average Bonchev–Trinajstić information content (AvgIpc) is 2.68. The number of likely N-dealkylation sites (tertiary alicyclic amines) is 1. The topological polar surface area (TPSA) is 74.8 Å². The summed E-state index contributed by atoms with van der Waals surface area (Å²) in [7, 11) is -1.94. The molecule has 6 nitrogen and oxygen atoms in total. The Kier molecular flexibility index (Phi) is 3.71. The minimum atomic E-state index is -3.49. The molecule has 0 bridgehead atoms. The van der Waals surface area contributed by atoms with Crippen LogP contribution in [0.5, 0.6) is 0 Å². The van der Waals surface area contributed by atoms with Crippen molar-refractivity contribution in [3.63, 3.8) is 0 Å². The minimum Gasteiger partial charge on any atom is -0.338 e. The fraction of sp³-hybridized carbons (Fsp3) is 0.500. The normalized spacial score (nSPS) is 22.6. The first kappa shape index (κ1) is 16.0. The second kappa shape index (κ2) is 5.33. The number of carbonyl (C=O) groups is 2. The highest BCUT2D eigenvalue weighted by molar-refractivity contribution is 7.93. The molecule has 1 spiro atoms. The first-order chi connectivity index (χ1) is 10.8. The third-order valence-electron chi connectivity index (χ3n) is 5.09. The smallest absolute Gasteiger partial charge is 0.254 e. The molecule has 2 aliphatic heterocycles. The van der Waals surface area contributed by atoms with E-state index in [0.29, 0.717) is 18.7 Å². The van der Waals surface area contributed by atoms with Crippen LogP contribution in [0.2, 0.25) is 0 Å². The lowest BCUT2D eigenvalue weighted by molar-refractivity contribution is -0.129. The van der Waals surface area contributed by atoms with Gasteiger partial charge in [0.25, 0.3) is 5.91 Å². The maximum absolute atomic E-state index is 12.6. The summed E-state index contributed by atoms with van der Waals surface area (Å²) in [6.45, 7) is 2.56. The summed E-state index contributed by atoms with van der Waals surface area (Å²) >= 11 is 0. The third-order valence-corrected chi connectivity index (χ3v) is 7.55. The molecule has 0 radical (unpaired) electrons. The van der Waals surface area contributed by atoms with Crippen molar-refractivity contribution < 1.29 is 18.0 Å². The molecule has 7 heteroatoms. The molecule has 2 heterocycles. The zero-order valence-electron chi connectivity index (χ0n) is 13.3. The Bertz CT molecular complexity index is 764. The van der Waals surface area contributed by atoms with Gasteiger partial charge in [-0.15, -0.1) is 0 Å². The number of hydrogen-bond acceptors (Lipinski definition) is 4. The largest absolute Gasteiger partial charge is 0.338 e. The number of sulfone groups is 1. The molecule has 2 amide bonds. The van der Waals surface area contributed by atoms with Crippen molar-refractivity contribution in [3.05, 3.63) is 35.4 Å². The molecule has 23 heavy (non-hydrogen) atoms. The van der Waals surface area contributed by atoms with Gasteiger partial charge in [0.05, 0.1) is 0 Å². The van der Waals surface area contributed by atoms with Gasteiger partial charge in [-0.1, -0.05) is 18.2 Å². The van der Waals surface area contributed by atoms with E-state index < -0.39 is 20.5 Å². The molecule has 1 aromatic carbocycles. The predicted octanol–water partition coefficient (Wildman–Crippen LogP) is 0.814. The van der Waals surface area contributed by atoms with Crippen LogP contribution in [0.1, 0.15) is 28.8 Å². The number of benzene rings is 1. The maximum Gasteiger partial charge on any atom is 0.254 e. The summed E-state index contributed by atoms with van der Waals surface area (Å²) in [5, 5.41) is 0. The zero-order valence-corrected chi connectivity index (χ0v) is 14.1. The summed E-state index contributed by atoms with van der Waals surface area (Å²) in [6.07, 6.45) is 0.546. The highest BCUT2D eigenvalue weighted by Gasteiger charge is 2.57. The van der Waals surface area contributed by atoms with E-state index in [9.17, 15) is 18.0 Å².